The zero-order valence-electron chi connectivity index (χ0n) is 7.53. The second-order valence-electron chi connectivity index (χ2n) is 3.23. The molecule has 1 N–H and O–H groups in total. The number of aromatic nitrogens is 1. The molecular weight excluding hydrogens is 154 g/mol. The van der Waals surface area contributed by atoms with Gasteiger partial charge in [0, 0.05) is 6.07 Å². The van der Waals surface area contributed by atoms with Crippen LogP contribution in [0.15, 0.2) is 16.9 Å². The van der Waals surface area contributed by atoms with Crippen molar-refractivity contribution in [1.82, 2.24) is 4.73 Å². The van der Waals surface area contributed by atoms with Gasteiger partial charge in [-0.3, -0.25) is 4.79 Å². The highest BCUT2D eigenvalue weighted by molar-refractivity contribution is 5.19. The summed E-state index contributed by atoms with van der Waals surface area (Å²) in [4.78, 5) is 11.1. The predicted octanol–water partition coefficient (Wildman–Crippen LogP) is 1.52. The minimum atomic E-state index is -0.362. The van der Waals surface area contributed by atoms with Crippen LogP contribution in [0.2, 0.25) is 0 Å². The zero-order chi connectivity index (χ0) is 9.30. The second-order valence-corrected chi connectivity index (χ2v) is 3.23. The number of hydrogen-bond donors (Lipinski definition) is 1. The van der Waals surface area contributed by atoms with Crippen molar-refractivity contribution in [2.75, 3.05) is 0 Å². The van der Waals surface area contributed by atoms with Gasteiger partial charge in [-0.25, -0.2) is 0 Å². The number of rotatable bonds is 1. The maximum atomic E-state index is 11.1. The molecule has 0 fully saturated rings. The van der Waals surface area contributed by atoms with Crippen LogP contribution in [0.1, 0.15) is 31.0 Å². The highest BCUT2D eigenvalue weighted by Gasteiger charge is 2.04. The normalized spacial score (nSPS) is 10.7. The van der Waals surface area contributed by atoms with Crippen molar-refractivity contribution in [3.63, 3.8) is 0 Å². The van der Waals surface area contributed by atoms with Gasteiger partial charge in [0.25, 0.3) is 5.56 Å². The quantitative estimate of drug-likeness (QED) is 0.644. The van der Waals surface area contributed by atoms with Gasteiger partial charge in [0.1, 0.15) is 0 Å². The molecule has 0 saturated carbocycles. The smallest absolute Gasteiger partial charge is 0.283 e. The van der Waals surface area contributed by atoms with Crippen LogP contribution >= 0.6 is 0 Å². The van der Waals surface area contributed by atoms with Crippen molar-refractivity contribution in [3.8, 4) is 0 Å². The standard InChI is InChI=1S/C9H13NO2/c1-6(2)8-4-7(3)10(12)9(11)5-8/h4-6,12H,1-3H3. The molecule has 0 aliphatic rings. The van der Waals surface area contributed by atoms with Crippen LogP contribution < -0.4 is 5.56 Å². The molecule has 0 aliphatic heterocycles. The lowest BCUT2D eigenvalue weighted by Crippen LogP contribution is -2.19. The number of nitrogens with zero attached hydrogens (tertiary/aromatic N) is 1. The molecule has 0 unspecified atom stereocenters. The molecule has 0 aromatic carbocycles. The molecule has 0 spiro atoms. The molecule has 1 aromatic heterocycles. The van der Waals surface area contributed by atoms with E-state index in [1.54, 1.807) is 6.92 Å². The van der Waals surface area contributed by atoms with Crippen molar-refractivity contribution in [2.24, 2.45) is 0 Å². The van der Waals surface area contributed by atoms with E-state index in [0.29, 0.717) is 16.3 Å². The van der Waals surface area contributed by atoms with Gasteiger partial charge in [-0.1, -0.05) is 13.8 Å². The first-order chi connectivity index (χ1) is 5.52. The first-order valence-electron chi connectivity index (χ1n) is 3.95. The lowest BCUT2D eigenvalue weighted by molar-refractivity contribution is 0.168. The minimum absolute atomic E-state index is 0.317. The lowest BCUT2D eigenvalue weighted by Gasteiger charge is -2.07. The Labute approximate surface area is 71.2 Å². The van der Waals surface area contributed by atoms with E-state index in [2.05, 4.69) is 0 Å². The van der Waals surface area contributed by atoms with E-state index in [-0.39, 0.29) is 5.56 Å². The van der Waals surface area contributed by atoms with Gasteiger partial charge in [-0.2, -0.15) is 4.73 Å². The molecule has 1 heterocycles. The third-order valence-electron chi connectivity index (χ3n) is 1.88. The fourth-order valence-electron chi connectivity index (χ4n) is 1.05. The summed E-state index contributed by atoms with van der Waals surface area (Å²) in [5.74, 6) is 0.317. The summed E-state index contributed by atoms with van der Waals surface area (Å²) in [5.41, 5.74) is 1.17. The minimum Gasteiger partial charge on any atom is -0.425 e. The van der Waals surface area contributed by atoms with Gasteiger partial charge in [0.15, 0.2) is 0 Å². The Kier molecular flexibility index (Phi) is 2.22. The van der Waals surface area contributed by atoms with Gasteiger partial charge >= 0.3 is 0 Å². The molecule has 3 nitrogen and oxygen atoms in total. The maximum absolute atomic E-state index is 11.1. The molecule has 0 amide bonds. The van der Waals surface area contributed by atoms with Crippen LogP contribution in [0.5, 0.6) is 0 Å². The lowest BCUT2D eigenvalue weighted by atomic mass is 10.0. The van der Waals surface area contributed by atoms with E-state index < -0.39 is 0 Å². The Morgan fingerprint density at radius 1 is 1.42 bits per heavy atom. The van der Waals surface area contributed by atoms with Crippen molar-refractivity contribution in [2.45, 2.75) is 26.7 Å². The van der Waals surface area contributed by atoms with Gasteiger partial charge in [0.05, 0.1) is 5.69 Å². The summed E-state index contributed by atoms with van der Waals surface area (Å²) >= 11 is 0. The first-order valence-corrected chi connectivity index (χ1v) is 3.95. The molecule has 0 saturated heterocycles. The molecule has 0 aliphatic carbocycles. The Morgan fingerprint density at radius 2 is 2.00 bits per heavy atom. The average Bonchev–Trinajstić information content (AvgIpc) is 1.99. The summed E-state index contributed by atoms with van der Waals surface area (Å²) in [6.07, 6.45) is 0. The molecule has 12 heavy (non-hydrogen) atoms. The fourth-order valence-corrected chi connectivity index (χ4v) is 1.05. The van der Waals surface area contributed by atoms with Gasteiger partial charge in [0.2, 0.25) is 0 Å². The van der Waals surface area contributed by atoms with Crippen molar-refractivity contribution in [1.29, 1.82) is 0 Å². The highest BCUT2D eigenvalue weighted by atomic mass is 16.5. The molecule has 66 valence electrons. The van der Waals surface area contributed by atoms with Crippen molar-refractivity contribution in [3.05, 3.63) is 33.7 Å². The van der Waals surface area contributed by atoms with Crippen LogP contribution in [0, 0.1) is 6.92 Å². The van der Waals surface area contributed by atoms with E-state index in [0.717, 1.165) is 5.56 Å². The summed E-state index contributed by atoms with van der Waals surface area (Å²) in [6.45, 7) is 5.72. The predicted molar refractivity (Wildman–Crippen MR) is 46.7 cm³/mol. The number of aryl methyl sites for hydroxylation is 1. The van der Waals surface area contributed by atoms with E-state index in [1.807, 2.05) is 19.9 Å². The topological polar surface area (TPSA) is 42.2 Å². The first kappa shape index (κ1) is 8.84. The zero-order valence-corrected chi connectivity index (χ0v) is 7.53. The van der Waals surface area contributed by atoms with Crippen LogP contribution in [0.25, 0.3) is 0 Å². The fraction of sp³-hybridized carbons (Fsp3) is 0.444. The van der Waals surface area contributed by atoms with E-state index in [4.69, 9.17) is 5.21 Å². The monoisotopic (exact) mass is 167 g/mol. The highest BCUT2D eigenvalue weighted by Crippen LogP contribution is 2.12. The summed E-state index contributed by atoms with van der Waals surface area (Å²) in [7, 11) is 0. The molecule has 0 bridgehead atoms. The molecule has 0 atom stereocenters. The van der Waals surface area contributed by atoms with Gasteiger partial charge < -0.3 is 5.21 Å². The van der Waals surface area contributed by atoms with Crippen molar-refractivity contribution < 1.29 is 5.21 Å². The summed E-state index contributed by atoms with van der Waals surface area (Å²) in [6, 6.07) is 3.27. The van der Waals surface area contributed by atoms with Gasteiger partial charge in [-0.05, 0) is 24.5 Å². The van der Waals surface area contributed by atoms with E-state index in [9.17, 15) is 4.79 Å². The number of hydrogen-bond acceptors (Lipinski definition) is 2. The van der Waals surface area contributed by atoms with Crippen LogP contribution in [0.3, 0.4) is 0 Å². The largest absolute Gasteiger partial charge is 0.425 e. The Bertz CT molecular complexity index is 339. The van der Waals surface area contributed by atoms with Crippen LogP contribution in [-0.2, 0) is 0 Å². The van der Waals surface area contributed by atoms with E-state index in [1.165, 1.54) is 6.07 Å². The molecule has 0 radical (unpaired) electrons. The van der Waals surface area contributed by atoms with Crippen LogP contribution in [0.4, 0.5) is 0 Å². The Hall–Kier alpha value is -1.25. The van der Waals surface area contributed by atoms with Gasteiger partial charge in [-0.15, -0.1) is 0 Å². The van der Waals surface area contributed by atoms with E-state index >= 15 is 0 Å². The molecular formula is C9H13NO2. The Balaban J connectivity index is 3.31. The maximum Gasteiger partial charge on any atom is 0.283 e. The second kappa shape index (κ2) is 3.01. The molecule has 1 aromatic rings. The summed E-state index contributed by atoms with van der Waals surface area (Å²) in [5, 5.41) is 9.12. The van der Waals surface area contributed by atoms with Crippen molar-refractivity contribution >= 4 is 0 Å². The Morgan fingerprint density at radius 3 is 2.42 bits per heavy atom. The summed E-state index contributed by atoms with van der Waals surface area (Å²) < 4.78 is 0.659. The number of pyridine rings is 1. The third kappa shape index (κ3) is 1.49. The SMILES string of the molecule is Cc1cc(C(C)C)cc(=O)n1O. The van der Waals surface area contributed by atoms with Crippen LogP contribution in [-0.4, -0.2) is 9.94 Å². The molecule has 3 heteroatoms. The average molecular weight is 167 g/mol. The molecule has 1 rings (SSSR count). The third-order valence-corrected chi connectivity index (χ3v) is 1.88.